The summed E-state index contributed by atoms with van der Waals surface area (Å²) in [5.41, 5.74) is 0.769. The minimum Gasteiger partial charge on any atom is -0.457 e. The second-order valence-electron chi connectivity index (χ2n) is 5.44. The van der Waals surface area contributed by atoms with Crippen LogP contribution in [0.3, 0.4) is 0 Å². The van der Waals surface area contributed by atoms with Gasteiger partial charge in [0.15, 0.2) is 0 Å². The zero-order valence-corrected chi connectivity index (χ0v) is 15.6. The number of nitrogens with one attached hydrogen (secondary N) is 1. The summed E-state index contributed by atoms with van der Waals surface area (Å²) in [6.07, 6.45) is 0.769. The Balaban J connectivity index is 1.57. The summed E-state index contributed by atoms with van der Waals surface area (Å²) < 4.78 is 6.78. The Hall–Kier alpha value is -1.92. The van der Waals surface area contributed by atoms with Crippen molar-refractivity contribution in [1.29, 1.82) is 0 Å². The lowest BCUT2D eigenvalue weighted by atomic mass is 10.2. The Labute approximate surface area is 156 Å². The van der Waals surface area contributed by atoms with Crippen LogP contribution in [0.1, 0.15) is 13.3 Å². The summed E-state index contributed by atoms with van der Waals surface area (Å²) in [6, 6.07) is 17.0. The average molecular weight is 373 g/mol. The van der Waals surface area contributed by atoms with Gasteiger partial charge in [0.2, 0.25) is 5.91 Å². The summed E-state index contributed by atoms with van der Waals surface area (Å²) in [6.45, 7) is 2.88. The Morgan fingerprint density at radius 3 is 2.56 bits per heavy atom. The first-order chi connectivity index (χ1) is 12.2. The number of hydrogen-bond donors (Lipinski definition) is 1. The third-order valence-electron chi connectivity index (χ3n) is 3.56. The average Bonchev–Trinajstić information content (AvgIpc) is 3.15. The lowest BCUT2D eigenvalue weighted by molar-refractivity contribution is -0.115. The number of amides is 1. The quantitative estimate of drug-likeness (QED) is 0.772. The molecule has 0 saturated heterocycles. The fourth-order valence-electron chi connectivity index (χ4n) is 2.28. The van der Waals surface area contributed by atoms with Gasteiger partial charge in [-0.15, -0.1) is 0 Å². The predicted molar refractivity (Wildman–Crippen MR) is 108 cm³/mol. The Bertz CT molecular complexity index is 733. The maximum absolute atomic E-state index is 12.5. The summed E-state index contributed by atoms with van der Waals surface area (Å²) in [5, 5.41) is 2.86. The van der Waals surface area contributed by atoms with Crippen molar-refractivity contribution >= 4 is 39.5 Å². The van der Waals surface area contributed by atoms with Crippen molar-refractivity contribution < 1.29 is 9.53 Å². The number of carbonyl (C=O) groups excluding carboxylic acids is 1. The van der Waals surface area contributed by atoms with E-state index in [-0.39, 0.29) is 11.2 Å². The molecule has 130 valence electrons. The molecule has 3 rings (SSSR count). The Kier molecular flexibility index (Phi) is 6.42. The fourth-order valence-corrected chi connectivity index (χ4v) is 4.44. The molecular weight excluding hydrogens is 352 g/mol. The van der Waals surface area contributed by atoms with Gasteiger partial charge in [-0.3, -0.25) is 9.79 Å². The number of para-hydroxylation sites is 1. The van der Waals surface area contributed by atoms with Crippen LogP contribution in [0.4, 0.5) is 5.69 Å². The molecule has 0 saturated carbocycles. The number of anilines is 1. The van der Waals surface area contributed by atoms with Gasteiger partial charge in [0, 0.05) is 11.4 Å². The van der Waals surface area contributed by atoms with E-state index >= 15 is 0 Å². The molecule has 1 atom stereocenters. The molecule has 0 radical (unpaired) electrons. The summed E-state index contributed by atoms with van der Waals surface area (Å²) >= 11 is 3.29. The maximum Gasteiger partial charge on any atom is 0.237 e. The summed E-state index contributed by atoms with van der Waals surface area (Å²) in [4.78, 5) is 16.9. The molecule has 0 bridgehead atoms. The van der Waals surface area contributed by atoms with Gasteiger partial charge < -0.3 is 10.1 Å². The first-order valence-electron chi connectivity index (χ1n) is 8.22. The zero-order valence-electron chi connectivity index (χ0n) is 14.0. The molecule has 1 N–H and O–H groups in total. The molecule has 1 amide bonds. The number of carbonyl (C=O) groups is 1. The highest BCUT2D eigenvalue weighted by Gasteiger charge is 2.21. The largest absolute Gasteiger partial charge is 0.457 e. The maximum atomic E-state index is 12.5. The number of nitrogens with zero attached hydrogens (tertiary/aromatic N) is 1. The smallest absolute Gasteiger partial charge is 0.237 e. The van der Waals surface area contributed by atoms with Crippen LogP contribution in [0.5, 0.6) is 11.5 Å². The molecule has 2 aromatic carbocycles. The molecule has 1 heterocycles. The van der Waals surface area contributed by atoms with E-state index in [4.69, 9.17) is 4.74 Å². The SMILES string of the molecule is CCC(SC1=NCCS1)C(=O)Nc1ccc(Oc2ccccc2)cc1. The van der Waals surface area contributed by atoms with Crippen LogP contribution in [0, 0.1) is 0 Å². The van der Waals surface area contributed by atoms with Crippen molar-refractivity contribution in [2.75, 3.05) is 17.6 Å². The van der Waals surface area contributed by atoms with E-state index in [0.29, 0.717) is 0 Å². The molecule has 1 unspecified atom stereocenters. The molecule has 6 heteroatoms. The van der Waals surface area contributed by atoms with E-state index < -0.39 is 0 Å². The van der Waals surface area contributed by atoms with E-state index in [2.05, 4.69) is 10.3 Å². The molecular formula is C19H20N2O2S2. The normalized spacial score (nSPS) is 14.7. The van der Waals surface area contributed by atoms with Gasteiger partial charge in [-0.25, -0.2) is 0 Å². The number of thioether (sulfide) groups is 2. The van der Waals surface area contributed by atoms with E-state index in [9.17, 15) is 4.79 Å². The first-order valence-corrected chi connectivity index (χ1v) is 10.1. The highest BCUT2D eigenvalue weighted by atomic mass is 32.2. The van der Waals surface area contributed by atoms with Crippen molar-refractivity contribution in [3.8, 4) is 11.5 Å². The lowest BCUT2D eigenvalue weighted by Crippen LogP contribution is -2.25. The van der Waals surface area contributed by atoms with Gasteiger partial charge in [0.05, 0.1) is 11.8 Å². The van der Waals surface area contributed by atoms with Gasteiger partial charge >= 0.3 is 0 Å². The predicted octanol–water partition coefficient (Wildman–Crippen LogP) is 5.03. The molecule has 2 aromatic rings. The topological polar surface area (TPSA) is 50.7 Å². The van der Waals surface area contributed by atoms with Crippen molar-refractivity contribution in [1.82, 2.24) is 0 Å². The third kappa shape index (κ3) is 5.28. The minimum absolute atomic E-state index is 0.0134. The van der Waals surface area contributed by atoms with E-state index in [1.54, 1.807) is 23.5 Å². The highest BCUT2D eigenvalue weighted by molar-refractivity contribution is 8.39. The molecule has 1 aliphatic rings. The molecule has 25 heavy (non-hydrogen) atoms. The highest BCUT2D eigenvalue weighted by Crippen LogP contribution is 2.28. The molecule has 0 aromatic heterocycles. The number of benzene rings is 2. The monoisotopic (exact) mass is 372 g/mol. The van der Waals surface area contributed by atoms with Crippen LogP contribution in [0.2, 0.25) is 0 Å². The number of rotatable bonds is 6. The van der Waals surface area contributed by atoms with Crippen LogP contribution in [-0.4, -0.2) is 27.8 Å². The van der Waals surface area contributed by atoms with Crippen molar-refractivity contribution in [3.63, 3.8) is 0 Å². The Morgan fingerprint density at radius 2 is 1.92 bits per heavy atom. The Morgan fingerprint density at radius 1 is 1.20 bits per heavy atom. The summed E-state index contributed by atoms with van der Waals surface area (Å²) in [7, 11) is 0. The fraction of sp³-hybridized carbons (Fsp3) is 0.263. The zero-order chi connectivity index (χ0) is 17.5. The molecule has 4 nitrogen and oxygen atoms in total. The second kappa shape index (κ2) is 8.97. The molecule has 1 aliphatic heterocycles. The van der Waals surface area contributed by atoms with Gasteiger partial charge in [-0.05, 0) is 42.8 Å². The number of hydrogen-bond acceptors (Lipinski definition) is 5. The van der Waals surface area contributed by atoms with Gasteiger partial charge in [0.1, 0.15) is 15.9 Å². The standard InChI is InChI=1S/C19H20N2O2S2/c1-2-17(25-19-20-12-13-24-19)18(22)21-14-8-10-16(11-9-14)23-15-6-4-3-5-7-15/h3-11,17H,2,12-13H2,1H3,(H,21,22). The van der Waals surface area contributed by atoms with E-state index in [1.165, 1.54) is 0 Å². The van der Waals surface area contributed by atoms with Crippen molar-refractivity contribution in [2.24, 2.45) is 4.99 Å². The van der Waals surface area contributed by atoms with E-state index in [1.807, 2.05) is 61.5 Å². The number of ether oxygens (including phenoxy) is 1. The van der Waals surface area contributed by atoms with Crippen molar-refractivity contribution in [3.05, 3.63) is 54.6 Å². The van der Waals surface area contributed by atoms with E-state index in [0.717, 1.165) is 40.3 Å². The van der Waals surface area contributed by atoms with Gasteiger partial charge in [0.25, 0.3) is 0 Å². The minimum atomic E-state index is -0.121. The molecule has 0 fully saturated rings. The van der Waals surface area contributed by atoms with Crippen LogP contribution in [0.15, 0.2) is 59.6 Å². The van der Waals surface area contributed by atoms with Crippen LogP contribution in [-0.2, 0) is 4.79 Å². The molecule has 0 spiro atoms. The second-order valence-corrected chi connectivity index (χ2v) is 7.97. The summed E-state index contributed by atoms with van der Waals surface area (Å²) in [5.74, 6) is 2.56. The van der Waals surface area contributed by atoms with Crippen LogP contribution < -0.4 is 10.1 Å². The third-order valence-corrected chi connectivity index (χ3v) is 6.13. The van der Waals surface area contributed by atoms with Crippen LogP contribution in [0.25, 0.3) is 0 Å². The van der Waals surface area contributed by atoms with Gasteiger partial charge in [-0.1, -0.05) is 48.6 Å². The van der Waals surface area contributed by atoms with Gasteiger partial charge in [-0.2, -0.15) is 0 Å². The van der Waals surface area contributed by atoms with Crippen molar-refractivity contribution in [2.45, 2.75) is 18.6 Å². The number of aliphatic imine (C=N–C) groups is 1. The first kappa shape index (κ1) is 17.9. The molecule has 0 aliphatic carbocycles. The lowest BCUT2D eigenvalue weighted by Gasteiger charge is -2.14. The van der Waals surface area contributed by atoms with Crippen LogP contribution >= 0.6 is 23.5 Å².